The van der Waals surface area contributed by atoms with E-state index in [0.29, 0.717) is 41.5 Å². The molecule has 0 aromatic heterocycles. The molecule has 0 heterocycles. The summed E-state index contributed by atoms with van der Waals surface area (Å²) in [4.78, 5) is 51.5. The normalized spacial score (nSPS) is 13.4. The molecule has 9 heteroatoms. The maximum absolute atomic E-state index is 13.0. The Kier molecular flexibility index (Phi) is 10.2. The average Bonchev–Trinajstić information content (AvgIpc) is 3.83. The van der Waals surface area contributed by atoms with Crippen molar-refractivity contribution in [3.63, 3.8) is 0 Å². The summed E-state index contributed by atoms with van der Waals surface area (Å²) in [7, 11) is -3.60. The first-order valence-corrected chi connectivity index (χ1v) is 17.3. The van der Waals surface area contributed by atoms with Gasteiger partial charge < -0.3 is 10.6 Å². The molecule has 242 valence electrons. The third-order valence-corrected chi connectivity index (χ3v) is 10.1. The van der Waals surface area contributed by atoms with Gasteiger partial charge >= 0.3 is 0 Å². The SMILES string of the molecule is Cc1ccc(CCCC(=O)c2ccc(C(=O)NC3(NC(=O)c4ccc(C(=O)CCS(=O)(=O)c5ccc(C)cc5)cc4)CC3)cc2)cc1. The molecule has 47 heavy (non-hydrogen) atoms. The van der Waals surface area contributed by atoms with Gasteiger partial charge in [0.2, 0.25) is 0 Å². The van der Waals surface area contributed by atoms with E-state index in [9.17, 15) is 27.6 Å². The minimum Gasteiger partial charge on any atom is -0.329 e. The fraction of sp³-hybridized carbons (Fsp3) is 0.263. The molecule has 2 N–H and O–H groups in total. The summed E-state index contributed by atoms with van der Waals surface area (Å²) in [5, 5.41) is 5.78. The molecule has 0 radical (unpaired) electrons. The lowest BCUT2D eigenvalue weighted by Gasteiger charge is -2.19. The second kappa shape index (κ2) is 14.3. The number of aryl methyl sites for hydroxylation is 3. The molecule has 1 fully saturated rings. The Morgan fingerprint density at radius 1 is 0.596 bits per heavy atom. The smallest absolute Gasteiger partial charge is 0.253 e. The van der Waals surface area contributed by atoms with Gasteiger partial charge in [-0.25, -0.2) is 8.42 Å². The topological polar surface area (TPSA) is 126 Å². The number of nitrogens with one attached hydrogen (secondary N) is 2. The molecule has 0 saturated heterocycles. The Balaban J connectivity index is 1.09. The van der Waals surface area contributed by atoms with Gasteiger partial charge in [-0.15, -0.1) is 0 Å². The van der Waals surface area contributed by atoms with E-state index in [1.165, 1.54) is 47.5 Å². The van der Waals surface area contributed by atoms with Crippen molar-refractivity contribution in [3.05, 3.63) is 136 Å². The first-order chi connectivity index (χ1) is 22.4. The predicted octanol–water partition coefficient (Wildman–Crippen LogP) is 6.21. The second-order valence-electron chi connectivity index (χ2n) is 12.2. The molecule has 0 aliphatic heterocycles. The molecule has 0 bridgehead atoms. The summed E-state index contributed by atoms with van der Waals surface area (Å²) in [6.07, 6.45) is 2.93. The monoisotopic (exact) mass is 650 g/mol. The quantitative estimate of drug-likeness (QED) is 0.124. The van der Waals surface area contributed by atoms with Gasteiger partial charge in [-0.1, -0.05) is 71.8 Å². The summed E-state index contributed by atoms with van der Waals surface area (Å²) < 4.78 is 25.2. The molecular formula is C38H38N2O6S. The molecule has 0 unspecified atom stereocenters. The number of ketones is 2. The Hall–Kier alpha value is -4.89. The predicted molar refractivity (Wildman–Crippen MR) is 180 cm³/mol. The number of carbonyl (C=O) groups excluding carboxylic acids is 4. The highest BCUT2D eigenvalue weighted by Gasteiger charge is 2.45. The van der Waals surface area contributed by atoms with Gasteiger partial charge in [0.05, 0.1) is 10.6 Å². The van der Waals surface area contributed by atoms with Crippen LogP contribution >= 0.6 is 0 Å². The zero-order valence-corrected chi connectivity index (χ0v) is 27.4. The summed E-state index contributed by atoms with van der Waals surface area (Å²) >= 11 is 0. The number of hydrogen-bond acceptors (Lipinski definition) is 6. The number of carbonyl (C=O) groups is 4. The highest BCUT2D eigenvalue weighted by Crippen LogP contribution is 2.33. The van der Waals surface area contributed by atoms with E-state index < -0.39 is 21.4 Å². The average molecular weight is 651 g/mol. The molecule has 5 rings (SSSR count). The van der Waals surface area contributed by atoms with Crippen molar-refractivity contribution >= 4 is 33.2 Å². The molecule has 0 spiro atoms. The lowest BCUT2D eigenvalue weighted by atomic mass is 10.0. The minimum absolute atomic E-state index is 0.0231. The van der Waals surface area contributed by atoms with Crippen molar-refractivity contribution in [1.82, 2.24) is 10.6 Å². The van der Waals surface area contributed by atoms with Crippen LogP contribution in [0.1, 0.15) is 90.2 Å². The Labute approximate surface area is 275 Å². The second-order valence-corrected chi connectivity index (χ2v) is 14.3. The molecule has 1 aliphatic carbocycles. The van der Waals surface area contributed by atoms with Gasteiger partial charge in [-0.05, 0) is 81.5 Å². The molecule has 1 saturated carbocycles. The summed E-state index contributed by atoms with van der Waals surface area (Å²) in [6.45, 7) is 3.91. The van der Waals surface area contributed by atoms with Gasteiger partial charge in [-0.2, -0.15) is 0 Å². The molecule has 4 aromatic carbocycles. The van der Waals surface area contributed by atoms with Gasteiger partial charge in [0.15, 0.2) is 21.4 Å². The van der Waals surface area contributed by atoms with E-state index in [0.717, 1.165) is 18.4 Å². The largest absolute Gasteiger partial charge is 0.329 e. The Bertz CT molecular complexity index is 1880. The zero-order valence-electron chi connectivity index (χ0n) is 26.5. The van der Waals surface area contributed by atoms with Crippen LogP contribution in [0, 0.1) is 13.8 Å². The van der Waals surface area contributed by atoms with E-state index in [2.05, 4.69) is 34.9 Å². The highest BCUT2D eigenvalue weighted by molar-refractivity contribution is 7.91. The van der Waals surface area contributed by atoms with Crippen molar-refractivity contribution < 1.29 is 27.6 Å². The number of rotatable bonds is 14. The van der Waals surface area contributed by atoms with E-state index in [1.807, 2.05) is 13.8 Å². The maximum atomic E-state index is 13.0. The Morgan fingerprint density at radius 2 is 1.02 bits per heavy atom. The van der Waals surface area contributed by atoms with Crippen LogP contribution in [0.3, 0.4) is 0 Å². The van der Waals surface area contributed by atoms with Gasteiger partial charge in [0.25, 0.3) is 11.8 Å². The van der Waals surface area contributed by atoms with Crippen molar-refractivity contribution in [2.45, 2.75) is 62.9 Å². The number of Topliss-reactive ketones (excluding diaryl/α,β-unsaturated/α-hetero) is 2. The molecule has 0 atom stereocenters. The summed E-state index contributed by atoms with van der Waals surface area (Å²) in [5.41, 5.74) is 4.01. The molecule has 4 aromatic rings. The van der Waals surface area contributed by atoms with Crippen molar-refractivity contribution in [1.29, 1.82) is 0 Å². The summed E-state index contributed by atoms with van der Waals surface area (Å²) in [5.74, 6) is -1.39. The van der Waals surface area contributed by atoms with Gasteiger partial charge in [0.1, 0.15) is 5.66 Å². The number of sulfone groups is 1. The standard InChI is InChI=1S/C38H38N2O6S/c1-26-6-10-28(11-7-26)4-3-5-34(41)29-12-16-31(17-13-29)36(43)39-38(23-24-38)40-37(44)32-18-14-30(15-19-32)35(42)22-25-47(45,46)33-20-8-27(2)9-21-33/h6-21H,3-5,22-25H2,1-2H3,(H,39,43)(H,40,44). The van der Waals surface area contributed by atoms with E-state index in [-0.39, 0.29) is 34.5 Å². The van der Waals surface area contributed by atoms with E-state index in [1.54, 1.807) is 36.4 Å². The molecule has 2 amide bonds. The molecular weight excluding hydrogens is 612 g/mol. The van der Waals surface area contributed by atoms with Crippen molar-refractivity contribution in [2.24, 2.45) is 0 Å². The molecule has 8 nitrogen and oxygen atoms in total. The van der Waals surface area contributed by atoms with Gasteiger partial charge in [0, 0.05) is 35.1 Å². The van der Waals surface area contributed by atoms with E-state index >= 15 is 0 Å². The van der Waals surface area contributed by atoms with Gasteiger partial charge in [-0.3, -0.25) is 19.2 Å². The third kappa shape index (κ3) is 8.89. The minimum atomic E-state index is -3.60. The van der Waals surface area contributed by atoms with Crippen LogP contribution in [0.15, 0.2) is 102 Å². The van der Waals surface area contributed by atoms with Crippen LogP contribution in [0.25, 0.3) is 0 Å². The number of hydrogen-bond donors (Lipinski definition) is 2. The number of benzene rings is 4. The van der Waals surface area contributed by atoms with Crippen LogP contribution in [0.2, 0.25) is 0 Å². The van der Waals surface area contributed by atoms with Crippen LogP contribution in [0.5, 0.6) is 0 Å². The van der Waals surface area contributed by atoms with Crippen LogP contribution in [-0.2, 0) is 16.3 Å². The van der Waals surface area contributed by atoms with Crippen molar-refractivity contribution in [3.8, 4) is 0 Å². The fourth-order valence-electron chi connectivity index (χ4n) is 5.19. The lowest BCUT2D eigenvalue weighted by molar-refractivity contribution is 0.0869. The highest BCUT2D eigenvalue weighted by atomic mass is 32.2. The van der Waals surface area contributed by atoms with Crippen LogP contribution in [-0.4, -0.2) is 43.2 Å². The fourth-order valence-corrected chi connectivity index (χ4v) is 6.43. The first kappa shape index (κ1) is 33.5. The van der Waals surface area contributed by atoms with E-state index in [4.69, 9.17) is 0 Å². The first-order valence-electron chi connectivity index (χ1n) is 15.7. The lowest BCUT2D eigenvalue weighted by Crippen LogP contribution is -2.50. The zero-order chi connectivity index (χ0) is 33.6. The van der Waals surface area contributed by atoms with Crippen LogP contribution < -0.4 is 10.6 Å². The third-order valence-electron chi connectivity index (χ3n) is 8.36. The van der Waals surface area contributed by atoms with Crippen LogP contribution in [0.4, 0.5) is 0 Å². The summed E-state index contributed by atoms with van der Waals surface area (Å²) in [6, 6.07) is 27.3. The number of amides is 2. The molecule has 1 aliphatic rings. The van der Waals surface area contributed by atoms with Crippen molar-refractivity contribution in [2.75, 3.05) is 5.75 Å². The Morgan fingerprint density at radius 3 is 1.49 bits per heavy atom. The maximum Gasteiger partial charge on any atom is 0.253 e.